The second kappa shape index (κ2) is 2.63. The van der Waals surface area contributed by atoms with Gasteiger partial charge >= 0.3 is 0 Å². The maximum Gasteiger partial charge on any atom is -0.0866 e. The van der Waals surface area contributed by atoms with E-state index in [4.69, 9.17) is 11.6 Å². The molecule has 0 atom stereocenters. The first-order chi connectivity index (χ1) is 3.93. The third-order valence-electron chi connectivity index (χ3n) is 0.926. The summed E-state index contributed by atoms with van der Waals surface area (Å²) in [5.41, 5.74) is 1.05. The van der Waals surface area contributed by atoms with Crippen molar-refractivity contribution in [1.29, 1.82) is 0 Å². The zero-order valence-electron chi connectivity index (χ0n) is 4.34. The molecule has 8 heavy (non-hydrogen) atoms. The summed E-state index contributed by atoms with van der Waals surface area (Å²) in [6, 6.07) is 9.77. The van der Waals surface area contributed by atoms with Gasteiger partial charge in [0.25, 0.3) is 0 Å². The molecule has 0 spiro atoms. The van der Waals surface area contributed by atoms with Crippen LogP contribution >= 0.6 is 11.6 Å². The first-order valence-electron chi connectivity index (χ1n) is 2.42. The van der Waals surface area contributed by atoms with E-state index < -0.39 is 0 Å². The lowest BCUT2D eigenvalue weighted by atomic mass is 10.2. The number of rotatable bonds is 1. The standard InChI is InChI=1S/C7H6Cl/c8-6-7-4-2-1-3-5-7/h1-6H/q-1. The summed E-state index contributed by atoms with van der Waals surface area (Å²) in [4.78, 5) is 0. The van der Waals surface area contributed by atoms with E-state index in [9.17, 15) is 0 Å². The van der Waals surface area contributed by atoms with Crippen LogP contribution in [-0.4, -0.2) is 0 Å². The molecule has 1 rings (SSSR count). The van der Waals surface area contributed by atoms with Gasteiger partial charge in [-0.3, -0.25) is 0 Å². The molecule has 0 aliphatic rings. The minimum absolute atomic E-state index is 1.05. The molecule has 0 fully saturated rings. The molecule has 0 unspecified atom stereocenters. The molecule has 0 nitrogen and oxygen atoms in total. The summed E-state index contributed by atoms with van der Waals surface area (Å²) in [5.74, 6) is 1.56. The molecular weight excluding hydrogens is 120 g/mol. The van der Waals surface area contributed by atoms with Crippen LogP contribution in [0.15, 0.2) is 30.3 Å². The Balaban J connectivity index is 2.83. The second-order valence-electron chi connectivity index (χ2n) is 1.52. The van der Waals surface area contributed by atoms with E-state index in [0.29, 0.717) is 0 Å². The summed E-state index contributed by atoms with van der Waals surface area (Å²) in [6.07, 6.45) is 0. The van der Waals surface area contributed by atoms with Crippen molar-refractivity contribution >= 4 is 11.6 Å². The lowest BCUT2D eigenvalue weighted by Gasteiger charge is -1.99. The molecule has 1 aromatic rings. The maximum absolute atomic E-state index is 5.40. The number of benzene rings is 1. The van der Waals surface area contributed by atoms with E-state index >= 15 is 0 Å². The predicted molar refractivity (Wildman–Crippen MR) is 35.7 cm³/mol. The van der Waals surface area contributed by atoms with E-state index in [2.05, 4.69) is 0 Å². The molecule has 1 aromatic carbocycles. The summed E-state index contributed by atoms with van der Waals surface area (Å²) >= 11 is 5.40. The highest BCUT2D eigenvalue weighted by molar-refractivity contribution is 6.25. The Morgan fingerprint density at radius 2 is 1.75 bits per heavy atom. The fraction of sp³-hybridized carbons (Fsp3) is 0. The van der Waals surface area contributed by atoms with Crippen molar-refractivity contribution in [2.45, 2.75) is 0 Å². The van der Waals surface area contributed by atoms with E-state index in [1.54, 1.807) is 5.88 Å². The molecule has 0 aliphatic heterocycles. The van der Waals surface area contributed by atoms with Gasteiger partial charge in [-0.2, -0.15) is 29.3 Å². The van der Waals surface area contributed by atoms with Crippen LogP contribution in [0, 0.1) is 5.88 Å². The molecule has 0 N–H and O–H groups in total. The van der Waals surface area contributed by atoms with Crippen molar-refractivity contribution in [2.24, 2.45) is 0 Å². The van der Waals surface area contributed by atoms with Gasteiger partial charge in [-0.25, -0.2) is 0 Å². The molecule has 0 saturated carbocycles. The van der Waals surface area contributed by atoms with Crippen LogP contribution in [0.4, 0.5) is 0 Å². The first-order valence-corrected chi connectivity index (χ1v) is 2.85. The first kappa shape index (κ1) is 5.52. The van der Waals surface area contributed by atoms with Crippen LogP contribution in [0.1, 0.15) is 5.56 Å². The van der Waals surface area contributed by atoms with Crippen molar-refractivity contribution in [3.8, 4) is 0 Å². The van der Waals surface area contributed by atoms with Gasteiger partial charge in [0.2, 0.25) is 0 Å². The Labute approximate surface area is 54.1 Å². The van der Waals surface area contributed by atoms with E-state index in [1.165, 1.54) is 0 Å². The molecule has 0 saturated heterocycles. The molecular formula is C7H6Cl-. The topological polar surface area (TPSA) is 0 Å². The van der Waals surface area contributed by atoms with Crippen LogP contribution in [0.2, 0.25) is 0 Å². The highest BCUT2D eigenvalue weighted by Gasteiger charge is 1.70. The third-order valence-corrected chi connectivity index (χ3v) is 1.18. The average Bonchev–Trinajstić information content (AvgIpc) is 1.90. The zero-order valence-corrected chi connectivity index (χ0v) is 5.10. The van der Waals surface area contributed by atoms with E-state index in [1.807, 2.05) is 30.3 Å². The summed E-state index contributed by atoms with van der Waals surface area (Å²) in [6.45, 7) is 0. The number of halogens is 1. The Morgan fingerprint density at radius 3 is 2.12 bits per heavy atom. The van der Waals surface area contributed by atoms with E-state index in [0.717, 1.165) is 5.56 Å². The predicted octanol–water partition coefficient (Wildman–Crippen LogP) is 2.44. The molecule has 0 amide bonds. The Kier molecular flexibility index (Phi) is 1.81. The molecule has 42 valence electrons. The van der Waals surface area contributed by atoms with Crippen LogP contribution in [0.25, 0.3) is 0 Å². The van der Waals surface area contributed by atoms with Gasteiger partial charge in [0.05, 0.1) is 0 Å². The molecule has 1 heteroatoms. The van der Waals surface area contributed by atoms with Crippen LogP contribution < -0.4 is 0 Å². The van der Waals surface area contributed by atoms with Crippen molar-refractivity contribution in [2.75, 3.05) is 0 Å². The SMILES string of the molecule is Cl[CH-]c1ccccc1. The number of hydrogen-bond acceptors (Lipinski definition) is 0. The normalized spacial score (nSPS) is 8.62. The Hall–Kier alpha value is -0.620. The van der Waals surface area contributed by atoms with Crippen molar-refractivity contribution in [3.63, 3.8) is 0 Å². The highest BCUT2D eigenvalue weighted by Crippen LogP contribution is 2.02. The third kappa shape index (κ3) is 1.17. The van der Waals surface area contributed by atoms with Crippen LogP contribution in [0.5, 0.6) is 0 Å². The quantitative estimate of drug-likeness (QED) is 0.506. The van der Waals surface area contributed by atoms with Gasteiger partial charge in [-0.15, -0.1) is 12.1 Å². The van der Waals surface area contributed by atoms with Crippen molar-refractivity contribution in [1.82, 2.24) is 0 Å². The fourth-order valence-corrected chi connectivity index (χ4v) is 0.671. The maximum atomic E-state index is 5.40. The largest absolute Gasteiger partial charge is 0.177 e. The smallest absolute Gasteiger partial charge is 0.0866 e. The van der Waals surface area contributed by atoms with Gasteiger partial charge in [-0.1, -0.05) is 11.9 Å². The fourth-order valence-electron chi connectivity index (χ4n) is 0.526. The number of hydrogen-bond donors (Lipinski definition) is 0. The zero-order chi connectivity index (χ0) is 5.82. The van der Waals surface area contributed by atoms with Gasteiger partial charge in [-0.05, 0) is 0 Å². The van der Waals surface area contributed by atoms with Crippen LogP contribution in [0.3, 0.4) is 0 Å². The highest BCUT2D eigenvalue weighted by atomic mass is 35.5. The minimum Gasteiger partial charge on any atom is -0.177 e. The molecule has 0 heterocycles. The Bertz CT molecular complexity index is 146. The lowest BCUT2D eigenvalue weighted by molar-refractivity contribution is 1.59. The molecule has 0 aromatic heterocycles. The summed E-state index contributed by atoms with van der Waals surface area (Å²) in [5, 5.41) is 0. The minimum atomic E-state index is 1.05. The summed E-state index contributed by atoms with van der Waals surface area (Å²) < 4.78 is 0. The molecule has 0 bridgehead atoms. The lowest BCUT2D eigenvalue weighted by Crippen LogP contribution is -1.68. The summed E-state index contributed by atoms with van der Waals surface area (Å²) in [7, 11) is 0. The van der Waals surface area contributed by atoms with Crippen LogP contribution in [-0.2, 0) is 0 Å². The van der Waals surface area contributed by atoms with Gasteiger partial charge in [0.1, 0.15) is 0 Å². The average molecular weight is 126 g/mol. The van der Waals surface area contributed by atoms with Gasteiger partial charge in [0.15, 0.2) is 0 Å². The molecule has 0 aliphatic carbocycles. The van der Waals surface area contributed by atoms with Gasteiger partial charge < -0.3 is 0 Å². The Morgan fingerprint density at radius 1 is 1.12 bits per heavy atom. The van der Waals surface area contributed by atoms with E-state index in [-0.39, 0.29) is 0 Å². The van der Waals surface area contributed by atoms with Gasteiger partial charge in [0, 0.05) is 0 Å². The van der Waals surface area contributed by atoms with Crippen molar-refractivity contribution in [3.05, 3.63) is 41.8 Å². The monoisotopic (exact) mass is 125 g/mol. The second-order valence-corrected chi connectivity index (χ2v) is 1.74. The molecule has 0 radical (unpaired) electrons. The van der Waals surface area contributed by atoms with Crippen molar-refractivity contribution < 1.29 is 0 Å².